The number of carboxylic acid groups (broad SMARTS) is 1. The number of Topliss-reactive ketones (excluding diaryl/α,β-unsaturated/α-hetero) is 1. The van der Waals surface area contributed by atoms with Crippen LogP contribution in [0.3, 0.4) is 0 Å². The average Bonchev–Trinajstić information content (AvgIpc) is 2.57. The first kappa shape index (κ1) is 28.0. The van der Waals surface area contributed by atoms with Gasteiger partial charge < -0.3 is 14.6 Å². The van der Waals surface area contributed by atoms with E-state index in [1.165, 1.54) is 0 Å². The van der Waals surface area contributed by atoms with Gasteiger partial charge in [0.1, 0.15) is 11.9 Å². The summed E-state index contributed by atoms with van der Waals surface area (Å²) in [4.78, 5) is 25.6. The third-order valence-electron chi connectivity index (χ3n) is 5.89. The third kappa shape index (κ3) is 7.98. The third-order valence-corrected chi connectivity index (χ3v) is 6.72. The molecule has 0 fully saturated rings. The Hall–Kier alpha value is -0.983. The van der Waals surface area contributed by atoms with E-state index < -0.39 is 49.9 Å². The second-order valence-corrected chi connectivity index (χ2v) is 12.7. The normalized spacial score (nSPS) is 18.0. The van der Waals surface area contributed by atoms with Crippen LogP contribution in [-0.4, -0.2) is 43.2 Å². The molecule has 170 valence electrons. The maximum Gasteiger partial charge on any atom is 0.331 e. The molecule has 0 spiro atoms. The van der Waals surface area contributed by atoms with Crippen LogP contribution in [0, 0.1) is 28.6 Å². The number of hydrogen-bond donors (Lipinski definition) is 2. The number of carbonyl (C=O) groups is 2. The molecule has 6 heteroatoms. The highest BCUT2D eigenvalue weighted by Crippen LogP contribution is 2.46. The van der Waals surface area contributed by atoms with Crippen molar-refractivity contribution in [2.24, 2.45) is 28.6 Å². The second kappa shape index (κ2) is 11.4. The van der Waals surface area contributed by atoms with Gasteiger partial charge in [-0.2, -0.15) is 0 Å². The van der Waals surface area contributed by atoms with Gasteiger partial charge in [-0.3, -0.25) is 4.79 Å². The molecule has 5 nitrogen and oxygen atoms in total. The summed E-state index contributed by atoms with van der Waals surface area (Å²) < 4.78 is 5.91. The molecule has 2 N–H and O–H groups in total. The predicted octanol–water partition coefficient (Wildman–Crippen LogP) is 4.69. The first-order valence-electron chi connectivity index (χ1n) is 10.8. The maximum absolute atomic E-state index is 13.5. The van der Waals surface area contributed by atoms with Gasteiger partial charge in [0.05, 0.1) is 6.10 Å². The van der Waals surface area contributed by atoms with Crippen molar-refractivity contribution in [3.05, 3.63) is 12.7 Å². The number of carbonyl (C=O) groups excluding carboxylic acids is 1. The minimum Gasteiger partial charge on any atom is -0.479 e. The van der Waals surface area contributed by atoms with Gasteiger partial charge >= 0.3 is 5.97 Å². The molecule has 0 aromatic heterocycles. The smallest absolute Gasteiger partial charge is 0.331 e. The maximum atomic E-state index is 13.5. The van der Waals surface area contributed by atoms with E-state index in [9.17, 15) is 19.8 Å². The largest absolute Gasteiger partial charge is 0.479 e. The van der Waals surface area contributed by atoms with E-state index in [0.29, 0.717) is 0 Å². The number of ketones is 1. The minimum absolute atomic E-state index is 0.0209. The summed E-state index contributed by atoms with van der Waals surface area (Å²) in [5.74, 6) is -2.27. The fourth-order valence-corrected chi connectivity index (χ4v) is 5.49. The Labute approximate surface area is 179 Å². The summed E-state index contributed by atoms with van der Waals surface area (Å²) in [7, 11) is -1.64. The van der Waals surface area contributed by atoms with E-state index in [1.807, 2.05) is 46.9 Å². The van der Waals surface area contributed by atoms with Gasteiger partial charge in [-0.15, -0.1) is 6.58 Å². The second-order valence-electron chi connectivity index (χ2n) is 10.3. The van der Waals surface area contributed by atoms with Gasteiger partial charge in [0, 0.05) is 17.3 Å². The summed E-state index contributed by atoms with van der Waals surface area (Å²) in [6.07, 6.45) is 2.66. The number of rotatable bonds is 13. The molecule has 0 aliphatic rings. The SMILES string of the molecule is C=CCCC[C@H](C)[C@H](O)[C@@H](C)C(=O)C(C)(C)[C@@H](C(O[SiH](C)C)C(=O)O)C(C)(C)C. The molecule has 0 bridgehead atoms. The van der Waals surface area contributed by atoms with Crippen molar-refractivity contribution in [1.29, 1.82) is 0 Å². The topological polar surface area (TPSA) is 83.8 Å². The highest BCUT2D eigenvalue weighted by Gasteiger charge is 2.52. The van der Waals surface area contributed by atoms with Crippen LogP contribution in [0.2, 0.25) is 13.1 Å². The van der Waals surface area contributed by atoms with Crippen LogP contribution < -0.4 is 0 Å². The van der Waals surface area contributed by atoms with Gasteiger partial charge in [-0.1, -0.05) is 54.5 Å². The van der Waals surface area contributed by atoms with Crippen molar-refractivity contribution >= 4 is 20.8 Å². The monoisotopic (exact) mass is 428 g/mol. The molecule has 0 radical (unpaired) electrons. The van der Waals surface area contributed by atoms with E-state index >= 15 is 0 Å². The quantitative estimate of drug-likeness (QED) is 0.253. The highest BCUT2D eigenvalue weighted by atomic mass is 28.3. The molecule has 0 rings (SSSR count). The standard InChI is InChI=1S/C23H44O5Si/c1-11-12-13-14-15(2)17(24)16(3)20(25)23(7,8)19(22(4,5)6)18(21(26)27)28-29(9)10/h11,15-19,24,29H,1,12-14H2,2-10H3,(H,26,27)/t15-,16+,17-,18?,19-/m0/s1. The lowest BCUT2D eigenvalue weighted by Gasteiger charge is -2.46. The molecule has 0 saturated heterocycles. The molecule has 29 heavy (non-hydrogen) atoms. The van der Waals surface area contributed by atoms with E-state index in [-0.39, 0.29) is 11.7 Å². The van der Waals surface area contributed by atoms with E-state index in [2.05, 4.69) is 6.58 Å². The number of aliphatic carboxylic acids is 1. The summed E-state index contributed by atoms with van der Waals surface area (Å²) in [5, 5.41) is 20.7. The molecular weight excluding hydrogens is 384 g/mol. The molecular formula is C23H44O5Si. The van der Waals surface area contributed by atoms with E-state index in [4.69, 9.17) is 4.43 Å². The molecule has 0 saturated carbocycles. The summed E-state index contributed by atoms with van der Waals surface area (Å²) >= 11 is 0. The number of aliphatic hydroxyl groups excluding tert-OH is 1. The lowest BCUT2D eigenvalue weighted by atomic mass is 9.59. The highest BCUT2D eigenvalue weighted by molar-refractivity contribution is 6.48. The number of carboxylic acids is 1. The molecule has 0 aromatic rings. The molecule has 1 unspecified atom stereocenters. The van der Waals surface area contributed by atoms with Crippen molar-refractivity contribution in [3.63, 3.8) is 0 Å². The Balaban J connectivity index is 5.80. The lowest BCUT2D eigenvalue weighted by Crippen LogP contribution is -2.54. The zero-order valence-electron chi connectivity index (χ0n) is 20.0. The fraction of sp³-hybridized carbons (Fsp3) is 0.826. The van der Waals surface area contributed by atoms with Crippen LogP contribution in [0.5, 0.6) is 0 Å². The van der Waals surface area contributed by atoms with E-state index in [0.717, 1.165) is 19.3 Å². The zero-order chi connectivity index (χ0) is 23.2. The van der Waals surface area contributed by atoms with E-state index in [1.54, 1.807) is 20.8 Å². The first-order chi connectivity index (χ1) is 13.1. The van der Waals surface area contributed by atoms with Crippen molar-refractivity contribution in [2.45, 2.75) is 93.0 Å². The molecule has 0 amide bonds. The number of unbranched alkanes of at least 4 members (excludes halogenated alkanes) is 1. The van der Waals surface area contributed by atoms with Crippen LogP contribution in [0.25, 0.3) is 0 Å². The Kier molecular flexibility index (Phi) is 11.0. The first-order valence-corrected chi connectivity index (χ1v) is 13.6. The Morgan fingerprint density at radius 3 is 2.03 bits per heavy atom. The average molecular weight is 429 g/mol. The summed E-state index contributed by atoms with van der Waals surface area (Å²) in [6, 6.07) is 0. The lowest BCUT2D eigenvalue weighted by molar-refractivity contribution is -0.160. The minimum atomic E-state index is -1.64. The van der Waals surface area contributed by atoms with Gasteiger partial charge in [0.25, 0.3) is 0 Å². The molecule has 0 aromatic carbocycles. The summed E-state index contributed by atoms with van der Waals surface area (Å²) in [5.41, 5.74) is -1.43. The molecule has 0 heterocycles. The van der Waals surface area contributed by atoms with Crippen LogP contribution in [0.4, 0.5) is 0 Å². The van der Waals surface area contributed by atoms with Gasteiger partial charge in [0.15, 0.2) is 9.04 Å². The van der Waals surface area contributed by atoms with Crippen molar-refractivity contribution in [3.8, 4) is 0 Å². The fourth-order valence-electron chi connectivity index (χ4n) is 4.63. The van der Waals surface area contributed by atoms with Gasteiger partial charge in [-0.05, 0) is 43.7 Å². The van der Waals surface area contributed by atoms with Gasteiger partial charge in [-0.25, -0.2) is 4.79 Å². The predicted molar refractivity (Wildman–Crippen MR) is 122 cm³/mol. The number of hydrogen-bond acceptors (Lipinski definition) is 4. The van der Waals surface area contributed by atoms with Crippen molar-refractivity contribution in [1.82, 2.24) is 0 Å². The number of allylic oxidation sites excluding steroid dienone is 1. The van der Waals surface area contributed by atoms with Crippen molar-refractivity contribution in [2.75, 3.05) is 0 Å². The van der Waals surface area contributed by atoms with Crippen LogP contribution in [-0.2, 0) is 14.0 Å². The van der Waals surface area contributed by atoms with Gasteiger partial charge in [0.2, 0.25) is 0 Å². The molecule has 0 aliphatic heterocycles. The molecule has 5 atom stereocenters. The van der Waals surface area contributed by atoms with Crippen LogP contribution in [0.1, 0.15) is 67.7 Å². The number of aliphatic hydroxyl groups is 1. The Morgan fingerprint density at radius 2 is 1.66 bits per heavy atom. The summed E-state index contributed by atoms with van der Waals surface area (Å²) in [6.45, 7) is 20.8. The van der Waals surface area contributed by atoms with Crippen LogP contribution >= 0.6 is 0 Å². The zero-order valence-corrected chi connectivity index (χ0v) is 21.1. The Bertz CT molecular complexity index is 550. The van der Waals surface area contributed by atoms with Crippen LogP contribution in [0.15, 0.2) is 12.7 Å². The Morgan fingerprint density at radius 1 is 1.14 bits per heavy atom. The van der Waals surface area contributed by atoms with Crippen molar-refractivity contribution < 1.29 is 24.2 Å². The molecule has 0 aliphatic carbocycles.